The highest BCUT2D eigenvalue weighted by Gasteiger charge is 2.10. The molecule has 0 bridgehead atoms. The first-order chi connectivity index (χ1) is 7.13. The average Bonchev–Trinajstić information content (AvgIpc) is 2.17. The summed E-state index contributed by atoms with van der Waals surface area (Å²) in [5, 5.41) is 8.76. The van der Waals surface area contributed by atoms with Gasteiger partial charge in [-0.05, 0) is 41.1 Å². The lowest BCUT2D eigenvalue weighted by molar-refractivity contribution is -0.135. The van der Waals surface area contributed by atoms with E-state index in [0.717, 1.165) is 15.8 Å². The van der Waals surface area contributed by atoms with E-state index >= 15 is 0 Å². The Morgan fingerprint density at radius 3 is 2.80 bits per heavy atom. The normalized spacial score (nSPS) is 10.0. The molecule has 0 spiro atoms. The monoisotopic (exact) mass is 320 g/mol. The molecule has 0 fully saturated rings. The molecule has 0 aliphatic rings. The van der Waals surface area contributed by atoms with Crippen molar-refractivity contribution < 1.29 is 9.90 Å². The van der Waals surface area contributed by atoms with Crippen LogP contribution in [0.4, 0.5) is 5.82 Å². The molecule has 4 nitrogen and oxygen atoms in total. The third kappa shape index (κ3) is 4.03. The molecule has 1 N–H and O–H groups in total. The Labute approximate surface area is 102 Å². The summed E-state index contributed by atoms with van der Waals surface area (Å²) < 4.78 is 1.04. The van der Waals surface area contributed by atoms with Crippen molar-refractivity contribution in [1.82, 2.24) is 4.98 Å². The maximum absolute atomic E-state index is 10.7. The standard InChI is InChI=1S/C10H13IN2O2/c1-2-5-13(7-10(14)15)9-4-3-8(11)6-12-9/h3-4,6H,2,5,7H2,1H3,(H,14,15). The molecular weight excluding hydrogens is 307 g/mol. The molecule has 0 saturated heterocycles. The molecular formula is C10H13IN2O2. The van der Waals surface area contributed by atoms with Gasteiger partial charge in [0.25, 0.3) is 0 Å². The Hall–Kier alpha value is -0.850. The Kier molecular flexibility index (Phi) is 4.80. The van der Waals surface area contributed by atoms with Gasteiger partial charge in [0, 0.05) is 16.3 Å². The first-order valence-electron chi connectivity index (χ1n) is 4.71. The predicted molar refractivity (Wildman–Crippen MR) is 67.1 cm³/mol. The van der Waals surface area contributed by atoms with Gasteiger partial charge in [-0.25, -0.2) is 4.98 Å². The highest BCUT2D eigenvalue weighted by molar-refractivity contribution is 14.1. The van der Waals surface area contributed by atoms with Crippen LogP contribution in [0.25, 0.3) is 0 Å². The van der Waals surface area contributed by atoms with Crippen LogP contribution in [0.5, 0.6) is 0 Å². The maximum Gasteiger partial charge on any atom is 0.323 e. The smallest absolute Gasteiger partial charge is 0.323 e. The SMILES string of the molecule is CCCN(CC(=O)O)c1ccc(I)cn1. The molecule has 1 aromatic rings. The predicted octanol–water partition coefficient (Wildman–Crippen LogP) is 1.99. The summed E-state index contributed by atoms with van der Waals surface area (Å²) in [6.45, 7) is 2.73. The van der Waals surface area contributed by atoms with Crippen LogP contribution >= 0.6 is 22.6 Å². The minimum Gasteiger partial charge on any atom is -0.480 e. The molecule has 0 radical (unpaired) electrons. The Morgan fingerprint density at radius 2 is 2.33 bits per heavy atom. The van der Waals surface area contributed by atoms with Gasteiger partial charge in [-0.3, -0.25) is 4.79 Å². The van der Waals surface area contributed by atoms with Gasteiger partial charge in [-0.1, -0.05) is 6.92 Å². The van der Waals surface area contributed by atoms with Gasteiger partial charge in [0.15, 0.2) is 0 Å². The van der Waals surface area contributed by atoms with Crippen molar-refractivity contribution in [3.8, 4) is 0 Å². The lowest BCUT2D eigenvalue weighted by Gasteiger charge is -2.20. The first-order valence-corrected chi connectivity index (χ1v) is 5.79. The molecule has 1 rings (SSSR count). The molecule has 0 saturated carbocycles. The number of carboxylic acid groups (broad SMARTS) is 1. The number of halogens is 1. The van der Waals surface area contributed by atoms with Crippen LogP contribution in [0.15, 0.2) is 18.3 Å². The maximum atomic E-state index is 10.7. The second kappa shape index (κ2) is 5.89. The highest BCUT2D eigenvalue weighted by atomic mass is 127. The average molecular weight is 320 g/mol. The van der Waals surface area contributed by atoms with Crippen molar-refractivity contribution in [2.75, 3.05) is 18.0 Å². The number of nitrogens with zero attached hydrogens (tertiary/aromatic N) is 2. The lowest BCUT2D eigenvalue weighted by Crippen LogP contribution is -2.31. The van der Waals surface area contributed by atoms with Crippen molar-refractivity contribution in [2.45, 2.75) is 13.3 Å². The van der Waals surface area contributed by atoms with E-state index in [1.807, 2.05) is 19.1 Å². The Bertz CT molecular complexity index is 327. The quantitative estimate of drug-likeness (QED) is 0.843. The fourth-order valence-electron chi connectivity index (χ4n) is 1.26. The number of hydrogen-bond acceptors (Lipinski definition) is 3. The topological polar surface area (TPSA) is 53.4 Å². The van der Waals surface area contributed by atoms with E-state index in [2.05, 4.69) is 27.6 Å². The van der Waals surface area contributed by atoms with Crippen LogP contribution in [-0.2, 0) is 4.79 Å². The Balaban J connectivity index is 2.78. The number of rotatable bonds is 5. The van der Waals surface area contributed by atoms with Gasteiger partial charge in [-0.2, -0.15) is 0 Å². The number of carboxylic acids is 1. The van der Waals surface area contributed by atoms with Gasteiger partial charge in [0.05, 0.1) is 0 Å². The molecule has 0 aliphatic heterocycles. The second-order valence-corrected chi connectivity index (χ2v) is 4.40. The molecule has 0 aromatic carbocycles. The third-order valence-corrected chi connectivity index (χ3v) is 2.49. The molecule has 15 heavy (non-hydrogen) atoms. The van der Waals surface area contributed by atoms with Crippen LogP contribution in [0, 0.1) is 3.57 Å². The summed E-state index contributed by atoms with van der Waals surface area (Å²) in [6, 6.07) is 3.77. The zero-order chi connectivity index (χ0) is 11.3. The third-order valence-electron chi connectivity index (χ3n) is 1.86. The molecule has 0 atom stereocenters. The Morgan fingerprint density at radius 1 is 1.60 bits per heavy atom. The summed E-state index contributed by atoms with van der Waals surface area (Å²) in [5.74, 6) is -0.108. The van der Waals surface area contributed by atoms with Crippen molar-refractivity contribution in [2.24, 2.45) is 0 Å². The van der Waals surface area contributed by atoms with Crippen molar-refractivity contribution in [3.05, 3.63) is 21.9 Å². The van der Waals surface area contributed by atoms with E-state index in [9.17, 15) is 4.79 Å². The largest absolute Gasteiger partial charge is 0.480 e. The number of aliphatic carboxylic acids is 1. The fourth-order valence-corrected chi connectivity index (χ4v) is 1.58. The molecule has 0 aliphatic carbocycles. The lowest BCUT2D eigenvalue weighted by atomic mass is 10.3. The number of hydrogen-bond donors (Lipinski definition) is 1. The molecule has 0 amide bonds. The van der Waals surface area contributed by atoms with Gasteiger partial charge in [0.1, 0.15) is 12.4 Å². The van der Waals surface area contributed by atoms with E-state index in [1.54, 1.807) is 11.1 Å². The van der Waals surface area contributed by atoms with Crippen LogP contribution in [-0.4, -0.2) is 29.1 Å². The van der Waals surface area contributed by atoms with Crippen LogP contribution < -0.4 is 4.90 Å². The molecule has 0 unspecified atom stereocenters. The van der Waals surface area contributed by atoms with Crippen molar-refractivity contribution in [3.63, 3.8) is 0 Å². The van der Waals surface area contributed by atoms with Crippen molar-refractivity contribution in [1.29, 1.82) is 0 Å². The molecule has 5 heteroatoms. The van der Waals surface area contributed by atoms with Gasteiger partial charge < -0.3 is 10.0 Å². The van der Waals surface area contributed by atoms with Crippen LogP contribution in [0.3, 0.4) is 0 Å². The summed E-state index contributed by atoms with van der Waals surface area (Å²) >= 11 is 2.17. The summed E-state index contributed by atoms with van der Waals surface area (Å²) in [6.07, 6.45) is 2.64. The van der Waals surface area contributed by atoms with E-state index in [4.69, 9.17) is 5.11 Å². The molecule has 82 valence electrons. The first kappa shape index (κ1) is 12.2. The fraction of sp³-hybridized carbons (Fsp3) is 0.400. The van der Waals surface area contributed by atoms with Crippen molar-refractivity contribution >= 4 is 34.4 Å². The number of carbonyl (C=O) groups is 1. The zero-order valence-corrected chi connectivity index (χ0v) is 10.6. The molecule has 1 heterocycles. The minimum absolute atomic E-state index is 0.00142. The summed E-state index contributed by atoms with van der Waals surface area (Å²) in [7, 11) is 0. The zero-order valence-electron chi connectivity index (χ0n) is 8.48. The van der Waals surface area contributed by atoms with Crippen LogP contribution in [0.1, 0.15) is 13.3 Å². The van der Waals surface area contributed by atoms with E-state index in [0.29, 0.717) is 6.54 Å². The number of anilines is 1. The molecule has 1 aromatic heterocycles. The second-order valence-electron chi connectivity index (χ2n) is 3.15. The van der Waals surface area contributed by atoms with E-state index in [1.165, 1.54) is 0 Å². The van der Waals surface area contributed by atoms with Gasteiger partial charge >= 0.3 is 5.97 Å². The summed E-state index contributed by atoms with van der Waals surface area (Å²) in [4.78, 5) is 16.6. The number of aromatic nitrogens is 1. The summed E-state index contributed by atoms with van der Waals surface area (Å²) in [5.41, 5.74) is 0. The van der Waals surface area contributed by atoms with E-state index in [-0.39, 0.29) is 6.54 Å². The van der Waals surface area contributed by atoms with Gasteiger partial charge in [0.2, 0.25) is 0 Å². The number of pyridine rings is 1. The van der Waals surface area contributed by atoms with E-state index < -0.39 is 5.97 Å². The highest BCUT2D eigenvalue weighted by Crippen LogP contribution is 2.12. The van der Waals surface area contributed by atoms with Gasteiger partial charge in [-0.15, -0.1) is 0 Å². The van der Waals surface area contributed by atoms with Crippen LogP contribution in [0.2, 0.25) is 0 Å². The minimum atomic E-state index is -0.830.